The lowest BCUT2D eigenvalue weighted by Gasteiger charge is -2.23. The quantitative estimate of drug-likeness (QED) is 0.784. The Bertz CT molecular complexity index is 555. The minimum absolute atomic E-state index is 0.0195. The molecular formula is C18H30N2O4. The Morgan fingerprint density at radius 1 is 1.38 bits per heavy atom. The molecule has 0 bridgehead atoms. The van der Waals surface area contributed by atoms with Crippen molar-refractivity contribution in [3.8, 4) is 0 Å². The SMILES string of the molecule is Cc1oc(C(C)C)cc1C(=O)N1C[C@@H](CN(C)CCO)[C@@H](CO)C1. The largest absolute Gasteiger partial charge is 0.465 e. The Hall–Kier alpha value is -1.37. The molecular weight excluding hydrogens is 308 g/mol. The van der Waals surface area contributed by atoms with Gasteiger partial charge in [0.15, 0.2) is 0 Å². The fourth-order valence-corrected chi connectivity index (χ4v) is 3.35. The molecule has 0 aliphatic carbocycles. The summed E-state index contributed by atoms with van der Waals surface area (Å²) >= 11 is 0. The molecule has 1 saturated heterocycles. The van der Waals surface area contributed by atoms with Crippen LogP contribution in [-0.4, -0.2) is 72.4 Å². The van der Waals surface area contributed by atoms with Gasteiger partial charge >= 0.3 is 0 Å². The first kappa shape index (κ1) is 19.0. The van der Waals surface area contributed by atoms with E-state index in [1.165, 1.54) is 0 Å². The van der Waals surface area contributed by atoms with Gasteiger partial charge in [-0.2, -0.15) is 0 Å². The molecule has 1 aromatic heterocycles. The number of likely N-dealkylation sites (tertiary alicyclic amines) is 1. The van der Waals surface area contributed by atoms with Crippen LogP contribution in [0.1, 0.15) is 41.6 Å². The highest BCUT2D eigenvalue weighted by Gasteiger charge is 2.36. The summed E-state index contributed by atoms with van der Waals surface area (Å²) in [6, 6.07) is 1.85. The van der Waals surface area contributed by atoms with Crippen LogP contribution < -0.4 is 0 Å². The Kier molecular flexibility index (Phi) is 6.43. The number of amides is 1. The molecule has 0 unspecified atom stereocenters. The molecule has 2 rings (SSSR count). The maximum Gasteiger partial charge on any atom is 0.257 e. The number of likely N-dealkylation sites (N-methyl/N-ethyl adjacent to an activating group) is 1. The molecule has 2 atom stereocenters. The van der Waals surface area contributed by atoms with E-state index in [2.05, 4.69) is 0 Å². The van der Waals surface area contributed by atoms with Crippen molar-refractivity contribution in [1.82, 2.24) is 9.80 Å². The van der Waals surface area contributed by atoms with Crippen molar-refractivity contribution in [2.45, 2.75) is 26.7 Å². The molecule has 1 aliphatic heterocycles. The summed E-state index contributed by atoms with van der Waals surface area (Å²) in [5.41, 5.74) is 0.625. The van der Waals surface area contributed by atoms with Gasteiger partial charge in [-0.1, -0.05) is 13.8 Å². The number of aryl methyl sites for hydroxylation is 1. The predicted molar refractivity (Wildman–Crippen MR) is 92.1 cm³/mol. The van der Waals surface area contributed by atoms with Gasteiger partial charge in [-0.15, -0.1) is 0 Å². The predicted octanol–water partition coefficient (Wildman–Crippen LogP) is 1.32. The van der Waals surface area contributed by atoms with Crippen LogP contribution in [0, 0.1) is 18.8 Å². The maximum absolute atomic E-state index is 12.9. The number of hydrogen-bond acceptors (Lipinski definition) is 5. The molecule has 24 heavy (non-hydrogen) atoms. The standard InChI is InChI=1S/C18H30N2O4/c1-12(2)17-7-16(13(3)24-17)18(23)20-9-14(15(10-20)11-22)8-19(4)5-6-21/h7,12,14-15,21-22H,5-6,8-11H2,1-4H3/t14-,15-/m1/s1. The first-order valence-corrected chi connectivity index (χ1v) is 8.67. The van der Waals surface area contributed by atoms with Crippen molar-refractivity contribution in [2.75, 3.05) is 46.4 Å². The van der Waals surface area contributed by atoms with Crippen molar-refractivity contribution in [2.24, 2.45) is 11.8 Å². The lowest BCUT2D eigenvalue weighted by molar-refractivity contribution is 0.0777. The molecule has 0 radical (unpaired) electrons. The molecule has 1 fully saturated rings. The van der Waals surface area contributed by atoms with E-state index >= 15 is 0 Å². The van der Waals surface area contributed by atoms with Crippen molar-refractivity contribution < 1.29 is 19.4 Å². The summed E-state index contributed by atoms with van der Waals surface area (Å²) in [6.07, 6.45) is 0. The molecule has 2 heterocycles. The van der Waals surface area contributed by atoms with Crippen LogP contribution in [0.4, 0.5) is 0 Å². The van der Waals surface area contributed by atoms with Gasteiger partial charge in [0, 0.05) is 44.6 Å². The highest BCUT2D eigenvalue weighted by molar-refractivity contribution is 5.95. The van der Waals surface area contributed by atoms with E-state index in [0.29, 0.717) is 31.0 Å². The third kappa shape index (κ3) is 4.18. The number of aliphatic hydroxyl groups excluding tert-OH is 2. The first-order valence-electron chi connectivity index (χ1n) is 8.67. The molecule has 1 amide bonds. The maximum atomic E-state index is 12.9. The highest BCUT2D eigenvalue weighted by Crippen LogP contribution is 2.28. The minimum Gasteiger partial charge on any atom is -0.465 e. The Labute approximate surface area is 144 Å². The molecule has 0 spiro atoms. The Morgan fingerprint density at radius 3 is 2.58 bits per heavy atom. The van der Waals surface area contributed by atoms with Gasteiger partial charge in [-0.25, -0.2) is 0 Å². The second-order valence-electron chi connectivity index (χ2n) is 7.17. The minimum atomic E-state index is -0.0195. The van der Waals surface area contributed by atoms with Gasteiger partial charge in [0.25, 0.3) is 5.91 Å². The topological polar surface area (TPSA) is 77.2 Å². The van der Waals surface area contributed by atoms with Gasteiger partial charge in [0.05, 0.1) is 12.2 Å². The lowest BCUT2D eigenvalue weighted by atomic mass is 9.96. The van der Waals surface area contributed by atoms with E-state index < -0.39 is 0 Å². The van der Waals surface area contributed by atoms with Crippen molar-refractivity contribution in [3.05, 3.63) is 23.2 Å². The second kappa shape index (κ2) is 8.14. The summed E-state index contributed by atoms with van der Waals surface area (Å²) in [5.74, 6) is 2.00. The zero-order valence-corrected chi connectivity index (χ0v) is 15.2. The van der Waals surface area contributed by atoms with Gasteiger partial charge in [-0.3, -0.25) is 4.79 Å². The van der Waals surface area contributed by atoms with Crippen LogP contribution in [0.3, 0.4) is 0 Å². The molecule has 6 heteroatoms. The first-order chi connectivity index (χ1) is 11.4. The van der Waals surface area contributed by atoms with Crippen LogP contribution >= 0.6 is 0 Å². The smallest absolute Gasteiger partial charge is 0.257 e. The van der Waals surface area contributed by atoms with E-state index in [4.69, 9.17) is 9.52 Å². The van der Waals surface area contributed by atoms with Crippen molar-refractivity contribution in [3.63, 3.8) is 0 Å². The number of carbonyl (C=O) groups excluding carboxylic acids is 1. The summed E-state index contributed by atoms with van der Waals surface area (Å²) < 4.78 is 5.70. The lowest BCUT2D eigenvalue weighted by Crippen LogP contribution is -2.33. The van der Waals surface area contributed by atoms with Gasteiger partial charge in [0.2, 0.25) is 0 Å². The van der Waals surface area contributed by atoms with Gasteiger partial charge in [-0.05, 0) is 26.0 Å². The average Bonchev–Trinajstić information content (AvgIpc) is 3.10. The highest BCUT2D eigenvalue weighted by atomic mass is 16.3. The number of hydrogen-bond donors (Lipinski definition) is 2. The Morgan fingerprint density at radius 2 is 2.04 bits per heavy atom. The zero-order valence-electron chi connectivity index (χ0n) is 15.2. The normalized spacial score (nSPS) is 21.2. The third-order valence-corrected chi connectivity index (χ3v) is 4.86. The number of carbonyl (C=O) groups is 1. The molecule has 136 valence electrons. The van der Waals surface area contributed by atoms with E-state index in [-0.39, 0.29) is 36.9 Å². The third-order valence-electron chi connectivity index (χ3n) is 4.86. The van der Waals surface area contributed by atoms with Crippen LogP contribution in [-0.2, 0) is 0 Å². The number of rotatable bonds is 7. The summed E-state index contributed by atoms with van der Waals surface area (Å²) in [6.45, 7) is 8.64. The molecule has 6 nitrogen and oxygen atoms in total. The van der Waals surface area contributed by atoms with Crippen LogP contribution in [0.25, 0.3) is 0 Å². The fourth-order valence-electron chi connectivity index (χ4n) is 3.35. The van der Waals surface area contributed by atoms with E-state index in [9.17, 15) is 9.90 Å². The number of aliphatic hydroxyl groups is 2. The Balaban J connectivity index is 2.08. The van der Waals surface area contributed by atoms with Crippen LogP contribution in [0.5, 0.6) is 0 Å². The summed E-state index contributed by atoms with van der Waals surface area (Å²) in [4.78, 5) is 16.7. The van der Waals surface area contributed by atoms with E-state index in [1.807, 2.05) is 43.7 Å². The average molecular weight is 338 g/mol. The molecule has 0 saturated carbocycles. The zero-order chi connectivity index (χ0) is 17.9. The number of nitrogens with zero attached hydrogens (tertiary/aromatic N) is 2. The van der Waals surface area contributed by atoms with Crippen molar-refractivity contribution >= 4 is 5.91 Å². The van der Waals surface area contributed by atoms with Gasteiger partial charge < -0.3 is 24.4 Å². The fraction of sp³-hybridized carbons (Fsp3) is 0.722. The van der Waals surface area contributed by atoms with Gasteiger partial charge in [0.1, 0.15) is 11.5 Å². The molecule has 0 aromatic carbocycles. The summed E-state index contributed by atoms with van der Waals surface area (Å²) in [5, 5.41) is 18.7. The monoisotopic (exact) mass is 338 g/mol. The van der Waals surface area contributed by atoms with Crippen LogP contribution in [0.15, 0.2) is 10.5 Å². The molecule has 2 N–H and O–H groups in total. The van der Waals surface area contributed by atoms with Crippen molar-refractivity contribution in [1.29, 1.82) is 0 Å². The summed E-state index contributed by atoms with van der Waals surface area (Å²) in [7, 11) is 1.95. The molecule has 1 aromatic rings. The van der Waals surface area contributed by atoms with E-state index in [0.717, 1.165) is 12.3 Å². The second-order valence-corrected chi connectivity index (χ2v) is 7.17. The van der Waals surface area contributed by atoms with Crippen LogP contribution in [0.2, 0.25) is 0 Å². The number of furan rings is 1. The van der Waals surface area contributed by atoms with E-state index in [1.54, 1.807) is 0 Å². The molecule has 1 aliphatic rings.